The molecule has 13 nitrogen and oxygen atoms in total. The summed E-state index contributed by atoms with van der Waals surface area (Å²) in [6.07, 6.45) is -2.29. The van der Waals surface area contributed by atoms with Crippen LogP contribution in [0.1, 0.15) is 45.3 Å². The zero-order chi connectivity index (χ0) is 32.4. The molecule has 17 heteroatoms. The second-order valence-electron chi connectivity index (χ2n) is 10.8. The Bertz CT molecular complexity index is 1690. The van der Waals surface area contributed by atoms with Crippen LogP contribution in [0, 0.1) is 0 Å². The molecule has 5 heterocycles. The largest absolute Gasteiger partial charge is 0.444 e. The van der Waals surface area contributed by atoms with E-state index in [1.54, 1.807) is 39.8 Å². The van der Waals surface area contributed by atoms with Crippen molar-refractivity contribution in [3.63, 3.8) is 0 Å². The molecule has 0 bridgehead atoms. The summed E-state index contributed by atoms with van der Waals surface area (Å²) >= 11 is 0.804. The summed E-state index contributed by atoms with van der Waals surface area (Å²) in [6, 6.07) is 3.48. The fourth-order valence-corrected chi connectivity index (χ4v) is 5.17. The number of nitrogens with zero attached hydrogens (tertiary/aromatic N) is 6. The maximum atomic E-state index is 13.4. The number of alkyl halides is 3. The first-order valence-electron chi connectivity index (χ1n) is 13.8. The summed E-state index contributed by atoms with van der Waals surface area (Å²) < 4.78 is 57.2. The number of ether oxygens (including phenoxy) is 2. The van der Waals surface area contributed by atoms with Crippen LogP contribution in [0.4, 0.5) is 28.6 Å². The van der Waals surface area contributed by atoms with Gasteiger partial charge in [-0.3, -0.25) is 15.2 Å². The van der Waals surface area contributed by atoms with Crippen molar-refractivity contribution in [1.29, 1.82) is 0 Å². The van der Waals surface area contributed by atoms with Crippen molar-refractivity contribution in [2.24, 2.45) is 0 Å². The summed E-state index contributed by atoms with van der Waals surface area (Å²) in [7, 11) is 0. The lowest BCUT2D eigenvalue weighted by Crippen LogP contribution is -2.45. The van der Waals surface area contributed by atoms with Crippen LogP contribution in [0.15, 0.2) is 40.4 Å². The van der Waals surface area contributed by atoms with Crippen LogP contribution in [-0.2, 0) is 15.7 Å². The van der Waals surface area contributed by atoms with Crippen molar-refractivity contribution in [3.8, 4) is 33.3 Å². The molecule has 0 aromatic carbocycles. The number of rotatable bonds is 6. The van der Waals surface area contributed by atoms with Crippen molar-refractivity contribution in [1.82, 2.24) is 35.4 Å². The number of carbonyl (C=O) groups excluding carboxylic acids is 2. The smallest absolute Gasteiger partial charge is 0.434 e. The Labute approximate surface area is 259 Å². The van der Waals surface area contributed by atoms with Crippen molar-refractivity contribution >= 4 is 29.3 Å². The van der Waals surface area contributed by atoms with Crippen LogP contribution in [0.3, 0.4) is 0 Å². The highest BCUT2D eigenvalue weighted by atomic mass is 32.1. The van der Waals surface area contributed by atoms with Gasteiger partial charge in [-0.15, -0.1) is 21.5 Å². The molecule has 0 spiro atoms. The summed E-state index contributed by atoms with van der Waals surface area (Å²) in [5, 5.41) is 14.4. The van der Waals surface area contributed by atoms with Gasteiger partial charge in [0.25, 0.3) is 5.89 Å². The highest BCUT2D eigenvalue weighted by Crippen LogP contribution is 2.39. The van der Waals surface area contributed by atoms with Crippen molar-refractivity contribution < 1.29 is 36.7 Å². The third-order valence-corrected chi connectivity index (χ3v) is 7.16. The maximum absolute atomic E-state index is 13.4. The summed E-state index contributed by atoms with van der Waals surface area (Å²) in [5.41, 5.74) is -0.261. The predicted molar refractivity (Wildman–Crippen MR) is 156 cm³/mol. The third kappa shape index (κ3) is 7.54. The van der Waals surface area contributed by atoms with Gasteiger partial charge in [-0.2, -0.15) is 13.2 Å². The minimum Gasteiger partial charge on any atom is -0.444 e. The molecule has 1 atom stereocenters. The molecule has 1 saturated heterocycles. The molecular formula is C28H29F3N8O5S. The fourth-order valence-electron chi connectivity index (χ4n) is 4.31. The first kappa shape index (κ1) is 31.8. The Hall–Kier alpha value is -4.64. The normalized spacial score (nSPS) is 15.5. The molecule has 1 aliphatic rings. The molecule has 0 radical (unpaired) electrons. The Kier molecular flexibility index (Phi) is 9.01. The molecule has 4 aromatic heterocycles. The van der Waals surface area contributed by atoms with Gasteiger partial charge in [0.1, 0.15) is 28.2 Å². The van der Waals surface area contributed by atoms with Crippen LogP contribution in [0.2, 0.25) is 0 Å². The van der Waals surface area contributed by atoms with Crippen molar-refractivity contribution in [2.45, 2.75) is 45.5 Å². The SMILES string of the molecule is CCNC(=O)Nc1cc(-c2nc(C(F)(F)F)cs2)c(-c2ccnc(-c3nnc([C@@H]4COCCN4C(=O)OC(C)(C)C)o3)c2)cn1. The van der Waals surface area contributed by atoms with Gasteiger partial charge in [0, 0.05) is 42.0 Å². The minimum absolute atomic E-state index is 0.0409. The van der Waals surface area contributed by atoms with E-state index >= 15 is 0 Å². The van der Waals surface area contributed by atoms with E-state index < -0.39 is 35.6 Å². The molecule has 1 fully saturated rings. The molecule has 4 aromatic rings. The molecule has 2 N–H and O–H groups in total. The van der Waals surface area contributed by atoms with Gasteiger partial charge in [-0.25, -0.2) is 19.6 Å². The number of halogens is 3. The van der Waals surface area contributed by atoms with Gasteiger partial charge in [0.2, 0.25) is 5.89 Å². The fraction of sp³-hybridized carbons (Fsp3) is 0.393. The molecule has 0 aliphatic carbocycles. The third-order valence-electron chi connectivity index (χ3n) is 6.28. The van der Waals surface area contributed by atoms with Crippen LogP contribution in [0.5, 0.6) is 0 Å². The lowest BCUT2D eigenvalue weighted by molar-refractivity contribution is -0.140. The number of morpholine rings is 1. The van der Waals surface area contributed by atoms with Gasteiger partial charge < -0.3 is 19.2 Å². The van der Waals surface area contributed by atoms with Crippen molar-refractivity contribution in [3.05, 3.63) is 47.6 Å². The second kappa shape index (κ2) is 12.8. The number of aromatic nitrogens is 5. The molecule has 45 heavy (non-hydrogen) atoms. The van der Waals surface area contributed by atoms with Crippen LogP contribution in [-0.4, -0.2) is 74.1 Å². The average molecular weight is 647 g/mol. The Morgan fingerprint density at radius 3 is 2.67 bits per heavy atom. The Morgan fingerprint density at radius 1 is 1.16 bits per heavy atom. The number of amides is 3. The second-order valence-corrected chi connectivity index (χ2v) is 11.6. The quantitative estimate of drug-likeness (QED) is 0.263. The van der Waals surface area contributed by atoms with E-state index in [1.807, 2.05) is 0 Å². The maximum Gasteiger partial charge on any atom is 0.434 e. The standard InChI is InChI=1S/C28H29F3N8O5S/c1-5-32-25(40)36-21-11-16(24-35-20(14-45-24)28(29,30)31)17(12-34-21)15-6-7-33-18(10-15)22-37-38-23(43-22)19-13-42-9-8-39(19)26(41)44-27(2,3)4/h6-7,10-12,14,19H,5,8-9,13H2,1-4H3,(H2,32,34,36,40)/t19-/m0/s1. The van der Waals surface area contributed by atoms with E-state index in [0.29, 0.717) is 29.8 Å². The van der Waals surface area contributed by atoms with E-state index in [9.17, 15) is 22.8 Å². The Morgan fingerprint density at radius 2 is 1.96 bits per heavy atom. The number of carbonyl (C=O) groups is 2. The molecule has 1 aliphatic heterocycles. The summed E-state index contributed by atoms with van der Waals surface area (Å²) in [6.45, 7) is 8.10. The van der Waals surface area contributed by atoms with E-state index in [0.717, 1.165) is 16.7 Å². The van der Waals surface area contributed by atoms with Gasteiger partial charge in [-0.1, -0.05) is 0 Å². The molecule has 5 rings (SSSR count). The number of nitrogens with one attached hydrogen (secondary N) is 2. The van der Waals surface area contributed by atoms with E-state index in [2.05, 4.69) is 35.8 Å². The van der Waals surface area contributed by atoms with E-state index in [1.165, 1.54) is 23.4 Å². The van der Waals surface area contributed by atoms with Gasteiger partial charge in [0.05, 0.1) is 13.2 Å². The van der Waals surface area contributed by atoms with E-state index in [-0.39, 0.29) is 41.5 Å². The first-order chi connectivity index (χ1) is 21.3. The zero-order valence-electron chi connectivity index (χ0n) is 24.6. The van der Waals surface area contributed by atoms with Crippen LogP contribution < -0.4 is 10.6 Å². The minimum atomic E-state index is -4.63. The number of thiazole rings is 1. The lowest BCUT2D eigenvalue weighted by atomic mass is 10.0. The van der Waals surface area contributed by atoms with Gasteiger partial charge in [-0.05, 0) is 51.5 Å². The zero-order valence-corrected chi connectivity index (χ0v) is 25.5. The number of hydrogen-bond acceptors (Lipinski definition) is 11. The van der Waals surface area contributed by atoms with Gasteiger partial charge in [0.15, 0.2) is 5.69 Å². The molecule has 0 saturated carbocycles. The van der Waals surface area contributed by atoms with Crippen molar-refractivity contribution in [2.75, 3.05) is 31.6 Å². The van der Waals surface area contributed by atoms with E-state index in [4.69, 9.17) is 13.9 Å². The molecular weight excluding hydrogens is 617 g/mol. The van der Waals surface area contributed by atoms with Crippen LogP contribution >= 0.6 is 11.3 Å². The predicted octanol–water partition coefficient (Wildman–Crippen LogP) is 5.79. The average Bonchev–Trinajstić information content (AvgIpc) is 3.68. The van der Waals surface area contributed by atoms with Crippen LogP contribution in [0.25, 0.3) is 33.3 Å². The number of urea groups is 1. The first-order valence-corrected chi connectivity index (χ1v) is 14.7. The highest BCUT2D eigenvalue weighted by molar-refractivity contribution is 7.13. The molecule has 0 unspecified atom stereocenters. The van der Waals surface area contributed by atoms with Gasteiger partial charge >= 0.3 is 18.3 Å². The number of pyridine rings is 2. The summed E-state index contributed by atoms with van der Waals surface area (Å²) in [4.78, 5) is 38.8. The monoisotopic (exact) mass is 646 g/mol. The number of hydrogen-bond donors (Lipinski definition) is 2. The topological polar surface area (TPSA) is 157 Å². The lowest BCUT2D eigenvalue weighted by Gasteiger charge is -2.34. The highest BCUT2D eigenvalue weighted by Gasteiger charge is 2.36. The molecule has 3 amide bonds. The number of anilines is 1. The Balaban J connectivity index is 1.48. The summed E-state index contributed by atoms with van der Waals surface area (Å²) in [5.74, 6) is 0.274. The molecule has 238 valence electrons.